The Labute approximate surface area is 165 Å². The number of rotatable bonds is 6. The van der Waals surface area contributed by atoms with Crippen molar-refractivity contribution >= 4 is 38.6 Å². The largest absolute Gasteiger partial charge is 0.495 e. The van der Waals surface area contributed by atoms with Crippen molar-refractivity contribution in [3.05, 3.63) is 40.5 Å². The van der Waals surface area contributed by atoms with Crippen LogP contribution in [0.1, 0.15) is 11.3 Å². The molecule has 0 unspecified atom stereocenters. The molecule has 3 aromatic rings. The first-order valence-electron chi connectivity index (χ1n) is 7.74. The summed E-state index contributed by atoms with van der Waals surface area (Å²) in [5.74, 6) is 1.23. The van der Waals surface area contributed by atoms with Gasteiger partial charge in [-0.1, -0.05) is 16.8 Å². The number of nitrogens with one attached hydrogen (secondary N) is 1. The van der Waals surface area contributed by atoms with Crippen LogP contribution in [0, 0.1) is 13.8 Å². The number of methoxy groups -OCH3 is 2. The Morgan fingerprint density at radius 1 is 1.15 bits per heavy atom. The van der Waals surface area contributed by atoms with Gasteiger partial charge in [0.25, 0.3) is 10.0 Å². The average molecular weight is 429 g/mol. The van der Waals surface area contributed by atoms with Crippen LogP contribution in [-0.4, -0.2) is 27.8 Å². The summed E-state index contributed by atoms with van der Waals surface area (Å²) in [7, 11) is -0.956. The van der Waals surface area contributed by atoms with Gasteiger partial charge < -0.3 is 14.0 Å². The Bertz CT molecular complexity index is 1090. The second-order valence-corrected chi connectivity index (χ2v) is 9.03. The average Bonchev–Trinajstić information content (AvgIpc) is 3.23. The molecule has 144 valence electrons. The fourth-order valence-corrected chi connectivity index (χ4v) is 5.01. The highest BCUT2D eigenvalue weighted by molar-refractivity contribution is 7.94. The topological polar surface area (TPSA) is 90.7 Å². The predicted molar refractivity (Wildman–Crippen MR) is 105 cm³/mol. The monoisotopic (exact) mass is 428 g/mol. The minimum Gasteiger partial charge on any atom is -0.495 e. The van der Waals surface area contributed by atoms with E-state index in [1.807, 2.05) is 13.8 Å². The number of anilines is 1. The highest BCUT2D eigenvalue weighted by Crippen LogP contribution is 2.38. The molecule has 2 aromatic heterocycles. The molecular weight excluding hydrogens is 412 g/mol. The van der Waals surface area contributed by atoms with Crippen LogP contribution < -0.4 is 14.2 Å². The number of aryl methyl sites for hydroxylation is 1. The minimum atomic E-state index is -3.85. The molecule has 0 saturated carbocycles. The molecule has 2 heterocycles. The van der Waals surface area contributed by atoms with Gasteiger partial charge in [-0.15, -0.1) is 11.3 Å². The summed E-state index contributed by atoms with van der Waals surface area (Å²) in [6.07, 6.45) is 0. The Hall–Kier alpha value is -2.23. The lowest BCUT2D eigenvalue weighted by Gasteiger charge is -2.13. The molecule has 0 radical (unpaired) electrons. The smallest absolute Gasteiger partial charge is 0.271 e. The molecule has 0 atom stereocenters. The quantitative estimate of drug-likeness (QED) is 0.622. The fraction of sp³-hybridized carbons (Fsp3) is 0.235. The predicted octanol–water partition coefficient (Wildman–Crippen LogP) is 4.49. The summed E-state index contributed by atoms with van der Waals surface area (Å²) in [6.45, 7) is 3.70. The zero-order chi connectivity index (χ0) is 19.8. The van der Waals surface area contributed by atoms with Crippen molar-refractivity contribution in [1.29, 1.82) is 0 Å². The molecule has 0 fully saturated rings. The Morgan fingerprint density at radius 2 is 1.85 bits per heavy atom. The molecule has 0 spiro atoms. The van der Waals surface area contributed by atoms with Crippen molar-refractivity contribution in [1.82, 2.24) is 5.16 Å². The molecular formula is C17H17ClN2O5S2. The summed E-state index contributed by atoms with van der Waals surface area (Å²) in [4.78, 5) is 0.674. The van der Waals surface area contributed by atoms with E-state index in [-0.39, 0.29) is 14.9 Å². The molecule has 10 heteroatoms. The van der Waals surface area contributed by atoms with Crippen molar-refractivity contribution in [3.63, 3.8) is 0 Å². The van der Waals surface area contributed by atoms with Crippen LogP contribution in [0.4, 0.5) is 5.69 Å². The molecule has 0 aliphatic carbocycles. The van der Waals surface area contributed by atoms with Gasteiger partial charge in [0, 0.05) is 11.6 Å². The molecule has 0 aliphatic heterocycles. The molecule has 1 N–H and O–H groups in total. The van der Waals surface area contributed by atoms with E-state index in [1.54, 1.807) is 6.07 Å². The molecule has 0 amide bonds. The van der Waals surface area contributed by atoms with Crippen LogP contribution in [-0.2, 0) is 10.0 Å². The second-order valence-electron chi connectivity index (χ2n) is 5.63. The first-order chi connectivity index (χ1) is 12.8. The van der Waals surface area contributed by atoms with E-state index in [1.165, 1.54) is 32.4 Å². The molecule has 1 aromatic carbocycles. The number of hydrogen-bond acceptors (Lipinski definition) is 7. The van der Waals surface area contributed by atoms with Crippen LogP contribution in [0.5, 0.6) is 11.5 Å². The maximum atomic E-state index is 12.8. The first-order valence-corrected chi connectivity index (χ1v) is 10.4. The van der Waals surface area contributed by atoms with Crippen LogP contribution >= 0.6 is 22.9 Å². The lowest BCUT2D eigenvalue weighted by Crippen LogP contribution is -2.12. The summed E-state index contributed by atoms with van der Waals surface area (Å²) in [5, 5.41) is 4.16. The van der Waals surface area contributed by atoms with Gasteiger partial charge in [-0.3, -0.25) is 4.72 Å². The third-order valence-corrected chi connectivity index (χ3v) is 7.18. The van der Waals surface area contributed by atoms with Gasteiger partial charge >= 0.3 is 0 Å². The standard InChI is InChI=1S/C17H17ClN2O5S2/c1-9-10(2)19-25-17(9)15-5-6-16(26-15)27(21,22)20-12-7-11(18)13(23-3)8-14(12)24-4/h5-8,20H,1-4H3. The lowest BCUT2D eigenvalue weighted by atomic mass is 10.2. The molecule has 27 heavy (non-hydrogen) atoms. The number of thiophene rings is 1. The number of benzene rings is 1. The van der Waals surface area contributed by atoms with Crippen LogP contribution in [0.3, 0.4) is 0 Å². The summed E-state index contributed by atoms with van der Waals surface area (Å²) in [5.41, 5.74) is 1.85. The molecule has 0 bridgehead atoms. The third kappa shape index (κ3) is 3.76. The number of ether oxygens (including phenoxy) is 2. The van der Waals surface area contributed by atoms with E-state index >= 15 is 0 Å². The lowest BCUT2D eigenvalue weighted by molar-refractivity contribution is 0.396. The van der Waals surface area contributed by atoms with Gasteiger partial charge in [-0.25, -0.2) is 8.42 Å². The van der Waals surface area contributed by atoms with Gasteiger partial charge in [0.1, 0.15) is 15.7 Å². The summed E-state index contributed by atoms with van der Waals surface area (Å²) in [6, 6.07) is 6.15. The minimum absolute atomic E-state index is 0.125. The summed E-state index contributed by atoms with van der Waals surface area (Å²) >= 11 is 7.19. The fourth-order valence-electron chi connectivity index (χ4n) is 2.37. The van der Waals surface area contributed by atoms with Crippen LogP contribution in [0.25, 0.3) is 10.6 Å². The number of sulfonamides is 1. The zero-order valence-corrected chi connectivity index (χ0v) is 17.4. The van der Waals surface area contributed by atoms with Gasteiger partial charge in [0.15, 0.2) is 5.76 Å². The number of nitrogens with zero attached hydrogens (tertiary/aromatic N) is 1. The van der Waals surface area contributed by atoms with Crippen LogP contribution in [0.2, 0.25) is 5.02 Å². The first kappa shape index (κ1) is 19.5. The number of hydrogen-bond donors (Lipinski definition) is 1. The van der Waals surface area contributed by atoms with Gasteiger partial charge in [0.2, 0.25) is 0 Å². The molecule has 3 rings (SSSR count). The van der Waals surface area contributed by atoms with Crippen molar-refractivity contribution in [2.75, 3.05) is 18.9 Å². The van der Waals surface area contributed by atoms with Crippen molar-refractivity contribution in [2.45, 2.75) is 18.1 Å². The molecule has 0 aliphatic rings. The van der Waals surface area contributed by atoms with Gasteiger partial charge in [-0.2, -0.15) is 0 Å². The zero-order valence-electron chi connectivity index (χ0n) is 15.0. The normalized spacial score (nSPS) is 11.4. The second kappa shape index (κ2) is 7.41. The number of aromatic nitrogens is 1. The SMILES string of the molecule is COc1cc(OC)c(NS(=O)(=O)c2ccc(-c3onc(C)c3C)s2)cc1Cl. The van der Waals surface area contributed by atoms with Gasteiger partial charge in [-0.05, 0) is 32.0 Å². The van der Waals surface area contributed by atoms with E-state index in [4.69, 9.17) is 25.6 Å². The van der Waals surface area contributed by atoms with E-state index in [9.17, 15) is 8.42 Å². The summed E-state index contributed by atoms with van der Waals surface area (Å²) < 4.78 is 43.9. The Morgan fingerprint density at radius 3 is 2.44 bits per heavy atom. The van der Waals surface area contributed by atoms with E-state index in [0.717, 1.165) is 22.6 Å². The van der Waals surface area contributed by atoms with Crippen molar-refractivity contribution in [3.8, 4) is 22.1 Å². The maximum Gasteiger partial charge on any atom is 0.271 e. The van der Waals surface area contributed by atoms with E-state index < -0.39 is 10.0 Å². The molecule has 0 saturated heterocycles. The molecule has 7 nitrogen and oxygen atoms in total. The van der Waals surface area contributed by atoms with Crippen LogP contribution in [0.15, 0.2) is 33.0 Å². The highest BCUT2D eigenvalue weighted by atomic mass is 35.5. The third-order valence-electron chi connectivity index (χ3n) is 3.95. The number of halogens is 1. The Balaban J connectivity index is 1.94. The van der Waals surface area contributed by atoms with Crippen molar-refractivity contribution < 1.29 is 22.4 Å². The van der Waals surface area contributed by atoms with E-state index in [0.29, 0.717) is 22.1 Å². The van der Waals surface area contributed by atoms with Crippen molar-refractivity contribution in [2.24, 2.45) is 0 Å². The van der Waals surface area contributed by atoms with E-state index in [2.05, 4.69) is 9.88 Å². The van der Waals surface area contributed by atoms with Gasteiger partial charge in [0.05, 0.1) is 35.5 Å². The highest BCUT2D eigenvalue weighted by Gasteiger charge is 2.22. The Kier molecular flexibility index (Phi) is 5.36. The maximum absolute atomic E-state index is 12.8.